The number of hydrogen-bond acceptors (Lipinski definition) is 5. The minimum atomic E-state index is -0.317. The number of hydrogen-bond donors (Lipinski definition) is 0. The third kappa shape index (κ3) is 2.55. The first-order valence-electron chi connectivity index (χ1n) is 6.84. The Morgan fingerprint density at radius 1 is 1.22 bits per heavy atom. The molecule has 0 fully saturated rings. The van der Waals surface area contributed by atoms with E-state index in [0.717, 1.165) is 4.83 Å². The van der Waals surface area contributed by atoms with Gasteiger partial charge in [0.25, 0.3) is 5.56 Å². The van der Waals surface area contributed by atoms with E-state index in [2.05, 4.69) is 9.97 Å². The number of nitrogens with zero attached hydrogens (tertiary/aromatic N) is 3. The summed E-state index contributed by atoms with van der Waals surface area (Å²) in [5, 5.41) is 2.44. The van der Waals surface area contributed by atoms with E-state index in [9.17, 15) is 9.18 Å². The van der Waals surface area contributed by atoms with E-state index in [-0.39, 0.29) is 17.9 Å². The highest BCUT2D eigenvalue weighted by atomic mass is 32.1. The van der Waals surface area contributed by atoms with E-state index in [1.165, 1.54) is 40.6 Å². The molecule has 0 saturated carbocycles. The number of halogens is 1. The summed E-state index contributed by atoms with van der Waals surface area (Å²) in [7, 11) is 0. The summed E-state index contributed by atoms with van der Waals surface area (Å²) in [5.41, 5.74) is 1.17. The summed E-state index contributed by atoms with van der Waals surface area (Å²) < 4.78 is 19.8. The first kappa shape index (κ1) is 13.8. The molecule has 3 heterocycles. The fraction of sp³-hybridized carbons (Fsp3) is 0.0625. The molecule has 4 aromatic rings. The molecule has 1 aromatic carbocycles. The highest BCUT2D eigenvalue weighted by Gasteiger charge is 2.10. The molecule has 0 aliphatic carbocycles. The molecule has 0 bridgehead atoms. The molecule has 0 aliphatic heterocycles. The molecule has 3 aromatic heterocycles. The zero-order chi connectivity index (χ0) is 15.8. The molecule has 0 saturated heterocycles. The van der Waals surface area contributed by atoms with Gasteiger partial charge in [-0.1, -0.05) is 0 Å². The van der Waals surface area contributed by atoms with Gasteiger partial charge in [0.15, 0.2) is 0 Å². The smallest absolute Gasteiger partial charge is 0.262 e. The number of benzene rings is 1. The zero-order valence-corrected chi connectivity index (χ0v) is 12.6. The van der Waals surface area contributed by atoms with Crippen molar-refractivity contribution in [1.82, 2.24) is 14.5 Å². The van der Waals surface area contributed by atoms with E-state index < -0.39 is 0 Å². The lowest BCUT2D eigenvalue weighted by molar-refractivity contribution is 0.570. The third-order valence-corrected chi connectivity index (χ3v) is 4.25. The Balaban J connectivity index is 1.65. The summed E-state index contributed by atoms with van der Waals surface area (Å²) in [6.45, 7) is 0.266. The minimum absolute atomic E-state index is 0.109. The van der Waals surface area contributed by atoms with Gasteiger partial charge in [0.2, 0.25) is 5.89 Å². The van der Waals surface area contributed by atoms with Crippen LogP contribution in [0.3, 0.4) is 0 Å². The van der Waals surface area contributed by atoms with Crippen LogP contribution in [0.25, 0.3) is 21.7 Å². The summed E-state index contributed by atoms with van der Waals surface area (Å²) in [6.07, 6.45) is 3.00. The van der Waals surface area contributed by atoms with E-state index in [0.29, 0.717) is 22.5 Å². The van der Waals surface area contributed by atoms with Gasteiger partial charge in [-0.3, -0.25) is 9.36 Å². The molecule has 0 radical (unpaired) electrons. The van der Waals surface area contributed by atoms with Gasteiger partial charge in [-0.2, -0.15) is 0 Å². The van der Waals surface area contributed by atoms with Crippen LogP contribution in [0, 0.1) is 5.82 Å². The average Bonchev–Trinajstić information content (AvgIpc) is 3.20. The van der Waals surface area contributed by atoms with Crippen molar-refractivity contribution in [2.24, 2.45) is 0 Å². The van der Waals surface area contributed by atoms with E-state index in [1.54, 1.807) is 18.2 Å². The van der Waals surface area contributed by atoms with Crippen molar-refractivity contribution in [2.75, 3.05) is 0 Å². The molecule has 23 heavy (non-hydrogen) atoms. The largest absolute Gasteiger partial charge is 0.444 e. The second-order valence-corrected chi connectivity index (χ2v) is 5.86. The maximum absolute atomic E-state index is 12.9. The Morgan fingerprint density at radius 3 is 2.87 bits per heavy atom. The van der Waals surface area contributed by atoms with Gasteiger partial charge in [0, 0.05) is 5.56 Å². The van der Waals surface area contributed by atoms with Gasteiger partial charge in [-0.05, 0) is 35.7 Å². The van der Waals surface area contributed by atoms with Gasteiger partial charge in [0.1, 0.15) is 16.9 Å². The molecule has 0 aliphatic rings. The molecule has 0 atom stereocenters. The second-order valence-electron chi connectivity index (χ2n) is 4.97. The third-order valence-electron chi connectivity index (χ3n) is 3.43. The average molecular weight is 327 g/mol. The normalized spacial score (nSPS) is 11.2. The fourth-order valence-corrected chi connectivity index (χ4v) is 3.01. The van der Waals surface area contributed by atoms with Crippen LogP contribution in [-0.4, -0.2) is 14.5 Å². The fourth-order valence-electron chi connectivity index (χ4n) is 2.29. The molecular weight excluding hydrogens is 317 g/mol. The van der Waals surface area contributed by atoms with Crippen LogP contribution in [0.4, 0.5) is 4.39 Å². The highest BCUT2D eigenvalue weighted by molar-refractivity contribution is 7.16. The van der Waals surface area contributed by atoms with Crippen molar-refractivity contribution in [3.8, 4) is 11.5 Å². The molecule has 114 valence electrons. The van der Waals surface area contributed by atoms with Crippen molar-refractivity contribution < 1.29 is 8.81 Å². The number of oxazole rings is 1. The molecule has 5 nitrogen and oxygen atoms in total. The Bertz CT molecular complexity index is 1030. The quantitative estimate of drug-likeness (QED) is 0.579. The van der Waals surface area contributed by atoms with Crippen molar-refractivity contribution in [2.45, 2.75) is 6.54 Å². The van der Waals surface area contributed by atoms with Crippen LogP contribution in [0.2, 0.25) is 0 Å². The minimum Gasteiger partial charge on any atom is -0.444 e. The van der Waals surface area contributed by atoms with E-state index in [1.807, 2.05) is 5.38 Å². The topological polar surface area (TPSA) is 60.9 Å². The SMILES string of the molecule is O=c1c2ccsc2ncn1Cc1coc(-c2ccc(F)cc2)n1. The standard InChI is InChI=1S/C16H10FN3O2S/c17-11-3-1-10(2-4-11)14-19-12(8-22-14)7-20-9-18-15-13(16(20)21)5-6-23-15/h1-6,8-9H,7H2. The van der Waals surface area contributed by atoms with Crippen LogP contribution in [0.1, 0.15) is 5.69 Å². The van der Waals surface area contributed by atoms with Gasteiger partial charge in [-0.15, -0.1) is 11.3 Å². The van der Waals surface area contributed by atoms with Gasteiger partial charge < -0.3 is 4.42 Å². The van der Waals surface area contributed by atoms with Gasteiger partial charge in [0.05, 0.1) is 24.0 Å². The van der Waals surface area contributed by atoms with Crippen LogP contribution >= 0.6 is 11.3 Å². The number of thiophene rings is 1. The Labute approximate surface area is 133 Å². The second kappa shape index (κ2) is 5.44. The van der Waals surface area contributed by atoms with Crippen molar-refractivity contribution in [3.05, 3.63) is 70.2 Å². The van der Waals surface area contributed by atoms with Crippen LogP contribution in [-0.2, 0) is 6.54 Å². The van der Waals surface area contributed by atoms with E-state index >= 15 is 0 Å². The first-order chi connectivity index (χ1) is 11.2. The van der Waals surface area contributed by atoms with Gasteiger partial charge >= 0.3 is 0 Å². The lowest BCUT2D eigenvalue weighted by Gasteiger charge is -2.01. The highest BCUT2D eigenvalue weighted by Crippen LogP contribution is 2.19. The molecular formula is C16H10FN3O2S. The predicted molar refractivity (Wildman–Crippen MR) is 84.9 cm³/mol. The molecule has 4 rings (SSSR count). The summed E-state index contributed by atoms with van der Waals surface area (Å²) in [6, 6.07) is 7.64. The number of fused-ring (bicyclic) bond motifs is 1. The van der Waals surface area contributed by atoms with Crippen LogP contribution in [0.5, 0.6) is 0 Å². The van der Waals surface area contributed by atoms with E-state index in [4.69, 9.17) is 4.42 Å². The molecule has 0 amide bonds. The van der Waals surface area contributed by atoms with Crippen LogP contribution < -0.4 is 5.56 Å². The molecule has 7 heteroatoms. The first-order valence-corrected chi connectivity index (χ1v) is 7.72. The molecule has 0 unspecified atom stereocenters. The van der Waals surface area contributed by atoms with Crippen molar-refractivity contribution in [1.29, 1.82) is 0 Å². The number of aromatic nitrogens is 3. The van der Waals surface area contributed by atoms with Crippen LogP contribution in [0.15, 0.2) is 57.5 Å². The summed E-state index contributed by atoms with van der Waals surface area (Å²) in [4.78, 5) is 21.7. The Morgan fingerprint density at radius 2 is 2.04 bits per heavy atom. The zero-order valence-electron chi connectivity index (χ0n) is 11.8. The maximum Gasteiger partial charge on any atom is 0.262 e. The Hall–Kier alpha value is -2.80. The molecule has 0 N–H and O–H groups in total. The lowest BCUT2D eigenvalue weighted by atomic mass is 10.2. The summed E-state index contributed by atoms with van der Waals surface area (Å²) in [5.74, 6) is 0.0693. The Kier molecular flexibility index (Phi) is 3.27. The van der Waals surface area contributed by atoms with Crippen molar-refractivity contribution in [3.63, 3.8) is 0 Å². The van der Waals surface area contributed by atoms with Gasteiger partial charge in [-0.25, -0.2) is 14.4 Å². The lowest BCUT2D eigenvalue weighted by Crippen LogP contribution is -2.20. The predicted octanol–water partition coefficient (Wildman–Crippen LogP) is 3.30. The van der Waals surface area contributed by atoms with Crippen molar-refractivity contribution >= 4 is 21.6 Å². The number of rotatable bonds is 3. The summed E-state index contributed by atoms with van der Waals surface area (Å²) >= 11 is 1.43. The monoisotopic (exact) mass is 327 g/mol. The molecule has 0 spiro atoms. The maximum atomic E-state index is 12.9.